The van der Waals surface area contributed by atoms with Gasteiger partial charge in [0, 0.05) is 6.54 Å². The molecule has 1 aromatic carbocycles. The first-order chi connectivity index (χ1) is 8.72. The number of benzene rings is 1. The Bertz CT molecular complexity index is 566. The zero-order valence-electron chi connectivity index (χ0n) is 10.7. The van der Waals surface area contributed by atoms with E-state index in [0.29, 0.717) is 4.99 Å². The number of aromatic nitrogens is 2. The molecule has 2 rings (SSSR count). The van der Waals surface area contributed by atoms with Crippen molar-refractivity contribution >= 4 is 28.2 Å². The van der Waals surface area contributed by atoms with Crippen molar-refractivity contribution in [3.05, 3.63) is 35.7 Å². The summed E-state index contributed by atoms with van der Waals surface area (Å²) in [4.78, 5) is 9.82. The molecule has 4 heteroatoms. The summed E-state index contributed by atoms with van der Waals surface area (Å²) in [7, 11) is 0. The molecule has 0 aliphatic carbocycles. The predicted octanol–water partition coefficient (Wildman–Crippen LogP) is 3.00. The highest BCUT2D eigenvalue weighted by molar-refractivity contribution is 7.80. The van der Waals surface area contributed by atoms with Crippen molar-refractivity contribution in [2.45, 2.75) is 26.7 Å². The molecule has 0 radical (unpaired) electrons. The molecule has 0 saturated heterocycles. The van der Waals surface area contributed by atoms with Crippen LogP contribution in [0.15, 0.2) is 24.3 Å². The zero-order chi connectivity index (χ0) is 13.0. The van der Waals surface area contributed by atoms with E-state index in [9.17, 15) is 0 Å². The van der Waals surface area contributed by atoms with E-state index in [2.05, 4.69) is 22.2 Å². The van der Waals surface area contributed by atoms with E-state index in [0.717, 1.165) is 41.8 Å². The van der Waals surface area contributed by atoms with Crippen molar-refractivity contribution in [1.82, 2.24) is 15.3 Å². The summed E-state index contributed by atoms with van der Waals surface area (Å²) < 4.78 is 0. The molecule has 18 heavy (non-hydrogen) atoms. The van der Waals surface area contributed by atoms with E-state index in [1.54, 1.807) is 0 Å². The molecule has 0 spiro atoms. The molecule has 3 nitrogen and oxygen atoms in total. The van der Waals surface area contributed by atoms with Gasteiger partial charge in [-0.25, -0.2) is 9.97 Å². The minimum absolute atomic E-state index is 0.694. The number of para-hydroxylation sites is 2. The van der Waals surface area contributed by atoms with Crippen LogP contribution in [0.2, 0.25) is 0 Å². The Kier molecular flexibility index (Phi) is 4.20. The lowest BCUT2D eigenvalue weighted by Gasteiger charge is -2.09. The van der Waals surface area contributed by atoms with Crippen LogP contribution in [0.4, 0.5) is 0 Å². The van der Waals surface area contributed by atoms with Crippen LogP contribution in [0.25, 0.3) is 11.0 Å². The van der Waals surface area contributed by atoms with Gasteiger partial charge in [-0.05, 0) is 25.5 Å². The number of hydrogen-bond acceptors (Lipinski definition) is 3. The van der Waals surface area contributed by atoms with E-state index in [1.807, 2.05) is 31.2 Å². The van der Waals surface area contributed by atoms with E-state index < -0.39 is 0 Å². The van der Waals surface area contributed by atoms with Crippen molar-refractivity contribution in [2.75, 3.05) is 6.54 Å². The van der Waals surface area contributed by atoms with Gasteiger partial charge in [0.2, 0.25) is 0 Å². The van der Waals surface area contributed by atoms with Crippen molar-refractivity contribution in [3.8, 4) is 0 Å². The molecule has 0 aliphatic heterocycles. The SMILES string of the molecule is CCCCNC(=S)c1nc2ccccc2nc1C. The molecule has 0 unspecified atom stereocenters. The fourth-order valence-corrected chi connectivity index (χ4v) is 2.06. The van der Waals surface area contributed by atoms with Crippen molar-refractivity contribution in [2.24, 2.45) is 0 Å². The minimum Gasteiger partial charge on any atom is -0.374 e. The number of fused-ring (bicyclic) bond motifs is 1. The Morgan fingerprint density at radius 2 is 1.89 bits per heavy atom. The van der Waals surface area contributed by atoms with Crippen molar-refractivity contribution in [1.29, 1.82) is 0 Å². The van der Waals surface area contributed by atoms with Crippen LogP contribution in [0.3, 0.4) is 0 Å². The van der Waals surface area contributed by atoms with Gasteiger partial charge in [0.25, 0.3) is 0 Å². The van der Waals surface area contributed by atoms with Gasteiger partial charge in [-0.3, -0.25) is 0 Å². The maximum absolute atomic E-state index is 5.37. The summed E-state index contributed by atoms with van der Waals surface area (Å²) in [6.07, 6.45) is 2.26. The highest BCUT2D eigenvalue weighted by Crippen LogP contribution is 2.12. The smallest absolute Gasteiger partial charge is 0.127 e. The van der Waals surface area contributed by atoms with Gasteiger partial charge in [-0.2, -0.15) is 0 Å². The van der Waals surface area contributed by atoms with E-state index in [1.165, 1.54) is 0 Å². The van der Waals surface area contributed by atoms with Gasteiger partial charge in [-0.1, -0.05) is 37.7 Å². The molecule has 0 saturated carbocycles. The Labute approximate surface area is 113 Å². The number of hydrogen-bond donors (Lipinski definition) is 1. The quantitative estimate of drug-likeness (QED) is 0.676. The second-order valence-electron chi connectivity index (χ2n) is 4.26. The summed E-state index contributed by atoms with van der Waals surface area (Å²) in [5.74, 6) is 0. The minimum atomic E-state index is 0.694. The first kappa shape index (κ1) is 12.9. The van der Waals surface area contributed by atoms with E-state index >= 15 is 0 Å². The van der Waals surface area contributed by atoms with Crippen LogP contribution < -0.4 is 5.32 Å². The normalized spacial score (nSPS) is 10.6. The highest BCUT2D eigenvalue weighted by Gasteiger charge is 2.09. The average Bonchev–Trinajstić information content (AvgIpc) is 2.38. The Morgan fingerprint density at radius 1 is 1.22 bits per heavy atom. The lowest BCUT2D eigenvalue weighted by atomic mass is 10.2. The molecule has 1 N–H and O–H groups in total. The molecule has 0 fully saturated rings. The number of nitrogens with zero attached hydrogens (tertiary/aromatic N) is 2. The van der Waals surface area contributed by atoms with Gasteiger partial charge in [0.15, 0.2) is 0 Å². The lowest BCUT2D eigenvalue weighted by molar-refractivity contribution is 0.758. The standard InChI is InChI=1S/C14H17N3S/c1-3-4-9-15-14(18)13-10(2)16-11-7-5-6-8-12(11)17-13/h5-8H,3-4,9H2,1-2H3,(H,15,18). The second-order valence-corrected chi connectivity index (χ2v) is 4.66. The first-order valence-corrected chi connectivity index (χ1v) is 6.64. The molecular weight excluding hydrogens is 242 g/mol. The van der Waals surface area contributed by atoms with E-state index in [-0.39, 0.29) is 0 Å². The summed E-state index contributed by atoms with van der Waals surface area (Å²) in [5, 5.41) is 3.23. The summed E-state index contributed by atoms with van der Waals surface area (Å²) >= 11 is 5.37. The first-order valence-electron chi connectivity index (χ1n) is 6.24. The van der Waals surface area contributed by atoms with Gasteiger partial charge in [0.05, 0.1) is 16.7 Å². The van der Waals surface area contributed by atoms with Crippen LogP contribution in [-0.2, 0) is 0 Å². The topological polar surface area (TPSA) is 37.8 Å². The molecule has 0 atom stereocenters. The Hall–Kier alpha value is -1.55. The third-order valence-electron chi connectivity index (χ3n) is 2.78. The van der Waals surface area contributed by atoms with Crippen LogP contribution >= 0.6 is 12.2 Å². The average molecular weight is 259 g/mol. The van der Waals surface area contributed by atoms with Gasteiger partial charge < -0.3 is 5.32 Å². The van der Waals surface area contributed by atoms with Crippen LogP contribution in [0.1, 0.15) is 31.2 Å². The van der Waals surface area contributed by atoms with Gasteiger partial charge in [0.1, 0.15) is 10.7 Å². The zero-order valence-corrected chi connectivity index (χ0v) is 11.5. The monoisotopic (exact) mass is 259 g/mol. The van der Waals surface area contributed by atoms with Crippen molar-refractivity contribution in [3.63, 3.8) is 0 Å². The molecule has 0 bridgehead atoms. The molecule has 0 aliphatic rings. The molecule has 94 valence electrons. The predicted molar refractivity (Wildman–Crippen MR) is 78.9 cm³/mol. The van der Waals surface area contributed by atoms with Crippen molar-refractivity contribution < 1.29 is 0 Å². The lowest BCUT2D eigenvalue weighted by Crippen LogP contribution is -2.25. The van der Waals surface area contributed by atoms with Crippen LogP contribution in [0, 0.1) is 6.92 Å². The summed E-state index contributed by atoms with van der Waals surface area (Å²) in [6.45, 7) is 5.00. The fourth-order valence-electron chi connectivity index (χ4n) is 1.77. The maximum Gasteiger partial charge on any atom is 0.127 e. The van der Waals surface area contributed by atoms with Gasteiger partial charge >= 0.3 is 0 Å². The van der Waals surface area contributed by atoms with Crippen LogP contribution in [0.5, 0.6) is 0 Å². The Balaban J connectivity index is 2.27. The highest BCUT2D eigenvalue weighted by atomic mass is 32.1. The molecular formula is C14H17N3S. The number of thiocarbonyl (C=S) groups is 1. The number of rotatable bonds is 4. The fraction of sp³-hybridized carbons (Fsp3) is 0.357. The van der Waals surface area contributed by atoms with E-state index in [4.69, 9.17) is 12.2 Å². The molecule has 2 aromatic rings. The molecule has 1 aromatic heterocycles. The number of nitrogens with one attached hydrogen (secondary N) is 1. The molecule has 0 amide bonds. The third kappa shape index (κ3) is 2.82. The third-order valence-corrected chi connectivity index (χ3v) is 3.11. The summed E-state index contributed by atoms with van der Waals surface area (Å²) in [6, 6.07) is 7.85. The summed E-state index contributed by atoms with van der Waals surface area (Å²) in [5.41, 5.74) is 3.47. The number of aryl methyl sites for hydroxylation is 1. The second kappa shape index (κ2) is 5.87. The molecule has 1 heterocycles. The largest absolute Gasteiger partial charge is 0.374 e. The van der Waals surface area contributed by atoms with Crippen LogP contribution in [-0.4, -0.2) is 21.5 Å². The maximum atomic E-state index is 5.37. The number of unbranched alkanes of at least 4 members (excludes halogenated alkanes) is 1. The van der Waals surface area contributed by atoms with Gasteiger partial charge in [-0.15, -0.1) is 0 Å². The Morgan fingerprint density at radius 3 is 2.56 bits per heavy atom.